The predicted octanol–water partition coefficient (Wildman–Crippen LogP) is 9.12. The minimum atomic E-state index is -2.97. The third kappa shape index (κ3) is 12.2. The van der Waals surface area contributed by atoms with E-state index >= 15 is 0 Å². The largest absolute Gasteiger partial charge is 0.489 e. The van der Waals surface area contributed by atoms with Crippen LogP contribution in [-0.4, -0.2) is 37.3 Å². The Kier molecular flexibility index (Phi) is 14.5. The number of Topliss-reactive ketones (excluding diaryl/α,β-unsaturated/α-hetero) is 1. The number of ketones is 1. The van der Waals surface area contributed by atoms with Crippen molar-refractivity contribution in [3.05, 3.63) is 104 Å². The lowest BCUT2D eigenvalue weighted by Gasteiger charge is -2.17. The summed E-state index contributed by atoms with van der Waals surface area (Å²) < 4.78 is 74.1. The van der Waals surface area contributed by atoms with E-state index < -0.39 is 19.3 Å². The first-order valence-electron chi connectivity index (χ1n) is 17.0. The van der Waals surface area contributed by atoms with Crippen molar-refractivity contribution in [3.63, 3.8) is 0 Å². The van der Waals surface area contributed by atoms with Gasteiger partial charge in [-0.05, 0) is 73.4 Å². The summed E-state index contributed by atoms with van der Waals surface area (Å²) >= 11 is 24.8. The fraction of sp³-hybridized carbons (Fsp3) is 0.395. The molecule has 0 bridgehead atoms. The first kappa shape index (κ1) is 41.6. The quantitative estimate of drug-likeness (QED) is 0.0690. The van der Waals surface area contributed by atoms with E-state index in [1.54, 1.807) is 48.0 Å². The predicted molar refractivity (Wildman–Crippen MR) is 195 cm³/mol. The lowest BCUT2D eigenvalue weighted by atomic mass is 10.0. The zero-order chi connectivity index (χ0) is 39.1. The van der Waals surface area contributed by atoms with Crippen molar-refractivity contribution in [1.82, 2.24) is 0 Å². The molecule has 16 heteroatoms. The van der Waals surface area contributed by atoms with E-state index in [1.807, 2.05) is 0 Å². The third-order valence-corrected chi connectivity index (χ3v) is 9.85. The van der Waals surface area contributed by atoms with Gasteiger partial charge in [0.15, 0.2) is 53.6 Å². The molecule has 2 fully saturated rings. The second kappa shape index (κ2) is 18.9. The molecular formula is C38H38Cl4F4N2O6+2. The molecule has 8 nitrogen and oxygen atoms in total. The fourth-order valence-corrected chi connectivity index (χ4v) is 6.68. The normalized spacial score (nSPS) is 14.4. The van der Waals surface area contributed by atoms with Gasteiger partial charge in [-0.3, -0.25) is 4.79 Å². The Balaban J connectivity index is 0.000000208. The highest BCUT2D eigenvalue weighted by Gasteiger charge is 2.26. The fourth-order valence-electron chi connectivity index (χ4n) is 5.28. The van der Waals surface area contributed by atoms with Gasteiger partial charge in [0, 0.05) is 29.5 Å². The van der Waals surface area contributed by atoms with Crippen LogP contribution in [0.5, 0.6) is 23.0 Å². The van der Waals surface area contributed by atoms with Crippen LogP contribution in [0.3, 0.4) is 0 Å². The molecule has 2 aliphatic carbocycles. The number of pyridine rings is 2. The number of carbonyl (C=O) groups is 1. The van der Waals surface area contributed by atoms with Gasteiger partial charge in [0.2, 0.25) is 0 Å². The number of aliphatic hydroxyl groups excluding tert-OH is 1. The van der Waals surface area contributed by atoms with Crippen LogP contribution in [0.1, 0.15) is 58.8 Å². The van der Waals surface area contributed by atoms with Crippen molar-refractivity contribution in [2.24, 2.45) is 25.9 Å². The van der Waals surface area contributed by atoms with Gasteiger partial charge in [-0.2, -0.15) is 17.6 Å². The number of nitrogens with zero attached hydrogens (tertiary/aromatic N) is 2. The SMILES string of the molecule is C[n+]1cc(Cl)c(CC(=O)c2ccc(OC(F)F)c(OCC3CC3)c2)c(Cl)c1.C[n+]1cc(Cl)c(CC(O)c2ccc(OC(F)F)c(OCC3CC3)c2)c(Cl)c1. The number of hydrogen-bond donors (Lipinski definition) is 1. The van der Waals surface area contributed by atoms with Gasteiger partial charge in [-0.15, -0.1) is 0 Å². The minimum Gasteiger partial charge on any atom is -0.489 e. The third-order valence-electron chi connectivity index (χ3n) is 8.55. The van der Waals surface area contributed by atoms with Gasteiger partial charge in [-0.25, -0.2) is 9.13 Å². The minimum absolute atomic E-state index is 0.0182. The molecule has 4 aromatic rings. The molecule has 0 spiro atoms. The van der Waals surface area contributed by atoms with Gasteiger partial charge in [-0.1, -0.05) is 52.5 Å². The van der Waals surface area contributed by atoms with Gasteiger partial charge < -0.3 is 24.1 Å². The monoisotopic (exact) mass is 834 g/mol. The molecule has 2 aromatic heterocycles. The lowest BCUT2D eigenvalue weighted by molar-refractivity contribution is -0.671. The molecule has 2 heterocycles. The number of aliphatic hydroxyl groups is 1. The van der Waals surface area contributed by atoms with E-state index in [-0.39, 0.29) is 41.6 Å². The van der Waals surface area contributed by atoms with Crippen molar-refractivity contribution < 1.29 is 55.5 Å². The number of aryl methyl sites for hydroxylation is 2. The van der Waals surface area contributed by atoms with Crippen LogP contribution in [0.25, 0.3) is 0 Å². The highest BCUT2D eigenvalue weighted by molar-refractivity contribution is 6.36. The summed E-state index contributed by atoms with van der Waals surface area (Å²) in [4.78, 5) is 12.7. The molecule has 2 aliphatic rings. The number of ether oxygens (including phenoxy) is 4. The summed E-state index contributed by atoms with van der Waals surface area (Å²) in [6.45, 7) is -5.08. The van der Waals surface area contributed by atoms with Crippen LogP contribution in [-0.2, 0) is 26.9 Å². The van der Waals surface area contributed by atoms with E-state index in [2.05, 4.69) is 9.47 Å². The van der Waals surface area contributed by atoms with E-state index in [0.29, 0.717) is 67.4 Å². The number of hydrogen-bond acceptors (Lipinski definition) is 6. The Morgan fingerprint density at radius 1 is 0.704 bits per heavy atom. The zero-order valence-corrected chi connectivity index (χ0v) is 32.2. The number of aromatic nitrogens is 2. The molecule has 0 amide bonds. The molecule has 6 rings (SSSR count). The average Bonchev–Trinajstić information content (AvgIpc) is 4.03. The Bertz CT molecular complexity index is 1900. The summed E-state index contributed by atoms with van der Waals surface area (Å²) in [7, 11) is 3.57. The van der Waals surface area contributed by atoms with E-state index in [4.69, 9.17) is 55.9 Å². The summed E-state index contributed by atoms with van der Waals surface area (Å²) in [5, 5.41) is 12.2. The number of rotatable bonds is 16. The maximum atomic E-state index is 12.7. The second-order valence-electron chi connectivity index (χ2n) is 13.1. The summed E-state index contributed by atoms with van der Waals surface area (Å²) in [6.07, 6.45) is 10.1. The Hall–Kier alpha value is -3.55. The number of halogens is 8. The van der Waals surface area contributed by atoms with Gasteiger partial charge in [0.1, 0.15) is 34.2 Å². The van der Waals surface area contributed by atoms with Crippen molar-refractivity contribution in [2.75, 3.05) is 13.2 Å². The molecule has 290 valence electrons. The average molecular weight is 837 g/mol. The van der Waals surface area contributed by atoms with Crippen molar-refractivity contribution in [2.45, 2.75) is 57.9 Å². The Morgan fingerprint density at radius 2 is 1.15 bits per heavy atom. The number of benzene rings is 2. The van der Waals surface area contributed by atoms with Crippen molar-refractivity contribution in [3.8, 4) is 23.0 Å². The van der Waals surface area contributed by atoms with Crippen LogP contribution < -0.4 is 28.1 Å². The summed E-state index contributed by atoms with van der Waals surface area (Å²) in [6, 6.07) is 8.59. The number of alkyl halides is 4. The van der Waals surface area contributed by atoms with Crippen molar-refractivity contribution >= 4 is 52.2 Å². The van der Waals surface area contributed by atoms with Gasteiger partial charge in [0.05, 0.1) is 19.3 Å². The molecule has 2 saturated carbocycles. The topological polar surface area (TPSA) is 82.0 Å². The first-order valence-corrected chi connectivity index (χ1v) is 18.5. The maximum Gasteiger partial charge on any atom is 0.387 e. The molecule has 0 radical (unpaired) electrons. The molecule has 0 saturated heterocycles. The summed E-state index contributed by atoms with van der Waals surface area (Å²) in [5.41, 5.74) is 1.93. The van der Waals surface area contributed by atoms with Crippen LogP contribution in [0.4, 0.5) is 17.6 Å². The first-order chi connectivity index (χ1) is 25.7. The molecule has 0 aliphatic heterocycles. The molecular weight excluding hydrogens is 798 g/mol. The Labute approximate surface area is 330 Å². The molecule has 54 heavy (non-hydrogen) atoms. The van der Waals surface area contributed by atoms with Gasteiger partial charge >= 0.3 is 13.2 Å². The second-order valence-corrected chi connectivity index (χ2v) is 14.8. The standard InChI is InChI=1S/C19H20Cl2F2NO3.C19H18Cl2F2NO3/c2*1-24-8-14(20)13(15(21)9-24)7-16(25)12-4-5-17(27-19(22)23)18(6-12)26-10-11-2-3-11/h4-6,8-9,11,16,19,25H,2-3,7,10H2,1H3;4-6,8-9,11,19H,2-3,7,10H2,1H3/q2*+1. The van der Waals surface area contributed by atoms with Crippen molar-refractivity contribution in [1.29, 1.82) is 0 Å². The van der Waals surface area contributed by atoms with Crippen LogP contribution in [0.2, 0.25) is 20.1 Å². The molecule has 1 atom stereocenters. The molecule has 1 N–H and O–H groups in total. The Morgan fingerprint density at radius 3 is 1.61 bits per heavy atom. The van der Waals surface area contributed by atoms with Crippen LogP contribution in [0.15, 0.2) is 61.2 Å². The van der Waals surface area contributed by atoms with E-state index in [9.17, 15) is 27.5 Å². The van der Waals surface area contributed by atoms with Gasteiger partial charge in [0.25, 0.3) is 0 Å². The summed E-state index contributed by atoms with van der Waals surface area (Å²) in [5.74, 6) is 0.786. The zero-order valence-electron chi connectivity index (χ0n) is 29.2. The van der Waals surface area contributed by atoms with Crippen LogP contribution in [0, 0.1) is 11.8 Å². The van der Waals surface area contributed by atoms with E-state index in [0.717, 1.165) is 25.7 Å². The molecule has 2 aromatic carbocycles. The highest BCUT2D eigenvalue weighted by Crippen LogP contribution is 2.37. The van der Waals surface area contributed by atoms with Crippen LogP contribution >= 0.6 is 46.4 Å². The number of carbonyl (C=O) groups excluding carboxylic acids is 1. The van der Waals surface area contributed by atoms with E-state index in [1.165, 1.54) is 36.4 Å². The smallest absolute Gasteiger partial charge is 0.387 e. The highest BCUT2D eigenvalue weighted by atomic mass is 35.5. The lowest BCUT2D eigenvalue weighted by Crippen LogP contribution is -2.27. The molecule has 1 unspecified atom stereocenters. The maximum absolute atomic E-state index is 12.7.